The largest absolute Gasteiger partial charge is 0.454 e. The second kappa shape index (κ2) is 3.13. The van der Waals surface area contributed by atoms with Crippen LogP contribution >= 0.6 is 0 Å². The van der Waals surface area contributed by atoms with E-state index in [4.69, 9.17) is 9.47 Å². The quantitative estimate of drug-likeness (QED) is 0.692. The highest BCUT2D eigenvalue weighted by Gasteiger charge is 2.43. The van der Waals surface area contributed by atoms with Gasteiger partial charge in [-0.1, -0.05) is 6.07 Å². The van der Waals surface area contributed by atoms with E-state index in [0.29, 0.717) is 17.1 Å². The highest BCUT2D eigenvalue weighted by atomic mass is 16.7. The molecule has 0 bridgehead atoms. The Kier molecular flexibility index (Phi) is 1.83. The Bertz CT molecular complexity index is 528. The molecule has 0 aromatic heterocycles. The number of urea groups is 1. The van der Waals surface area contributed by atoms with E-state index >= 15 is 0 Å². The molecule has 1 aromatic rings. The zero-order valence-corrected chi connectivity index (χ0v) is 9.07. The van der Waals surface area contributed by atoms with Crippen molar-refractivity contribution < 1.29 is 19.1 Å². The van der Waals surface area contributed by atoms with Crippen molar-refractivity contribution >= 4 is 11.9 Å². The molecule has 17 heavy (non-hydrogen) atoms. The van der Waals surface area contributed by atoms with E-state index in [1.54, 1.807) is 25.1 Å². The maximum Gasteiger partial charge on any atom is 0.322 e. The van der Waals surface area contributed by atoms with Crippen LogP contribution in [0.25, 0.3) is 0 Å². The fraction of sp³-hybridized carbons (Fsp3) is 0.273. The van der Waals surface area contributed by atoms with Crippen molar-refractivity contribution in [2.24, 2.45) is 0 Å². The van der Waals surface area contributed by atoms with Crippen LogP contribution in [0, 0.1) is 0 Å². The maximum absolute atomic E-state index is 11.7. The molecule has 3 amide bonds. The fourth-order valence-electron chi connectivity index (χ4n) is 1.95. The molecule has 3 rings (SSSR count). The van der Waals surface area contributed by atoms with Crippen molar-refractivity contribution in [3.05, 3.63) is 23.8 Å². The van der Waals surface area contributed by atoms with Crippen LogP contribution in [-0.4, -0.2) is 18.7 Å². The number of amides is 3. The topological polar surface area (TPSA) is 76.7 Å². The molecule has 2 N–H and O–H groups in total. The number of fused-ring (bicyclic) bond motifs is 1. The minimum absolute atomic E-state index is 0.175. The van der Waals surface area contributed by atoms with Crippen LogP contribution in [0.1, 0.15) is 12.5 Å². The summed E-state index contributed by atoms with van der Waals surface area (Å²) in [4.78, 5) is 22.9. The molecule has 88 valence electrons. The predicted octanol–water partition coefficient (Wildman–Crippen LogP) is 0.470. The lowest BCUT2D eigenvalue weighted by Crippen LogP contribution is -2.40. The second-order valence-corrected chi connectivity index (χ2v) is 4.10. The van der Waals surface area contributed by atoms with Gasteiger partial charge in [-0.3, -0.25) is 10.1 Å². The van der Waals surface area contributed by atoms with E-state index in [9.17, 15) is 9.59 Å². The summed E-state index contributed by atoms with van der Waals surface area (Å²) >= 11 is 0. The lowest BCUT2D eigenvalue weighted by atomic mass is 9.92. The predicted molar refractivity (Wildman–Crippen MR) is 56.6 cm³/mol. The van der Waals surface area contributed by atoms with E-state index in [0.717, 1.165) is 0 Å². The first-order valence-corrected chi connectivity index (χ1v) is 5.13. The molecule has 2 heterocycles. The SMILES string of the molecule is C[C@]1(c2ccc3c(c2)OCO3)NC(=O)NC1=O. The van der Waals surface area contributed by atoms with Crippen molar-refractivity contribution in [3.8, 4) is 11.5 Å². The lowest BCUT2D eigenvalue weighted by molar-refractivity contribution is -0.123. The Morgan fingerprint density at radius 1 is 1.24 bits per heavy atom. The first-order chi connectivity index (χ1) is 8.09. The van der Waals surface area contributed by atoms with Crippen molar-refractivity contribution in [2.45, 2.75) is 12.5 Å². The minimum atomic E-state index is -1.06. The van der Waals surface area contributed by atoms with Crippen molar-refractivity contribution in [2.75, 3.05) is 6.79 Å². The van der Waals surface area contributed by atoms with Gasteiger partial charge in [-0.2, -0.15) is 0 Å². The van der Waals surface area contributed by atoms with Crippen LogP contribution in [0.15, 0.2) is 18.2 Å². The summed E-state index contributed by atoms with van der Waals surface area (Å²) in [7, 11) is 0. The molecule has 0 spiro atoms. The van der Waals surface area contributed by atoms with E-state index in [-0.39, 0.29) is 12.7 Å². The molecular formula is C11H10N2O4. The summed E-state index contributed by atoms with van der Waals surface area (Å²) in [6, 6.07) is 4.67. The summed E-state index contributed by atoms with van der Waals surface area (Å²) in [5, 5.41) is 4.80. The van der Waals surface area contributed by atoms with Gasteiger partial charge in [0.25, 0.3) is 5.91 Å². The molecule has 6 heteroatoms. The Morgan fingerprint density at radius 3 is 2.71 bits per heavy atom. The Labute approximate surface area is 96.9 Å². The number of carbonyl (C=O) groups is 2. The zero-order valence-electron chi connectivity index (χ0n) is 9.07. The van der Waals surface area contributed by atoms with Crippen LogP contribution in [0.2, 0.25) is 0 Å². The molecule has 6 nitrogen and oxygen atoms in total. The highest BCUT2D eigenvalue weighted by Crippen LogP contribution is 2.36. The Morgan fingerprint density at radius 2 is 2.00 bits per heavy atom. The van der Waals surface area contributed by atoms with Gasteiger partial charge in [-0.25, -0.2) is 4.79 Å². The number of nitrogens with one attached hydrogen (secondary N) is 2. The standard InChI is InChI=1S/C11H10N2O4/c1-11(9(14)12-10(15)13-11)6-2-3-7-8(4-6)17-5-16-7/h2-4H,5H2,1H3,(H2,12,13,14,15)/t11-/m1/s1. The number of imide groups is 1. The second-order valence-electron chi connectivity index (χ2n) is 4.10. The maximum atomic E-state index is 11.7. The molecule has 0 saturated carbocycles. The van der Waals surface area contributed by atoms with Crippen LogP contribution in [-0.2, 0) is 10.3 Å². The zero-order chi connectivity index (χ0) is 12.0. The Balaban J connectivity index is 2.04. The summed E-state index contributed by atoms with van der Waals surface area (Å²) in [6.07, 6.45) is 0. The molecule has 0 aliphatic carbocycles. The fourth-order valence-corrected chi connectivity index (χ4v) is 1.95. The third-order valence-corrected chi connectivity index (χ3v) is 2.99. The third kappa shape index (κ3) is 1.33. The average molecular weight is 234 g/mol. The number of hydrogen-bond donors (Lipinski definition) is 2. The average Bonchev–Trinajstić information content (AvgIpc) is 2.83. The molecule has 0 radical (unpaired) electrons. The summed E-state index contributed by atoms with van der Waals surface area (Å²) in [5.74, 6) is 0.848. The summed E-state index contributed by atoms with van der Waals surface area (Å²) < 4.78 is 10.4. The van der Waals surface area contributed by atoms with Gasteiger partial charge in [0.1, 0.15) is 5.54 Å². The molecule has 1 atom stereocenters. The van der Waals surface area contributed by atoms with E-state index in [1.165, 1.54) is 0 Å². The van der Waals surface area contributed by atoms with Crippen molar-refractivity contribution in [3.63, 3.8) is 0 Å². The van der Waals surface area contributed by atoms with Crippen LogP contribution in [0.4, 0.5) is 4.79 Å². The molecule has 1 saturated heterocycles. The van der Waals surface area contributed by atoms with Crippen LogP contribution < -0.4 is 20.1 Å². The van der Waals surface area contributed by atoms with Gasteiger partial charge >= 0.3 is 6.03 Å². The third-order valence-electron chi connectivity index (χ3n) is 2.99. The van der Waals surface area contributed by atoms with E-state index < -0.39 is 11.6 Å². The summed E-state index contributed by atoms with van der Waals surface area (Å²) in [6.45, 7) is 1.82. The van der Waals surface area contributed by atoms with E-state index in [1.807, 2.05) is 0 Å². The van der Waals surface area contributed by atoms with Gasteiger partial charge in [0, 0.05) is 0 Å². The van der Waals surface area contributed by atoms with Gasteiger partial charge in [0.15, 0.2) is 11.5 Å². The minimum Gasteiger partial charge on any atom is -0.454 e. The Hall–Kier alpha value is -2.24. The molecule has 2 aliphatic rings. The van der Waals surface area contributed by atoms with Gasteiger partial charge in [-0.15, -0.1) is 0 Å². The first kappa shape index (κ1) is 9.95. The van der Waals surface area contributed by atoms with E-state index in [2.05, 4.69) is 10.6 Å². The molecular weight excluding hydrogens is 224 g/mol. The van der Waals surface area contributed by atoms with Gasteiger partial charge in [-0.05, 0) is 24.6 Å². The first-order valence-electron chi connectivity index (χ1n) is 5.13. The molecule has 2 aliphatic heterocycles. The normalized spacial score (nSPS) is 25.7. The monoisotopic (exact) mass is 234 g/mol. The van der Waals surface area contributed by atoms with Crippen LogP contribution in [0.3, 0.4) is 0 Å². The number of benzene rings is 1. The number of ether oxygens (including phenoxy) is 2. The lowest BCUT2D eigenvalue weighted by Gasteiger charge is -2.21. The smallest absolute Gasteiger partial charge is 0.322 e. The number of carbonyl (C=O) groups excluding carboxylic acids is 2. The number of rotatable bonds is 1. The van der Waals surface area contributed by atoms with Crippen molar-refractivity contribution in [1.29, 1.82) is 0 Å². The molecule has 1 fully saturated rings. The number of hydrogen-bond acceptors (Lipinski definition) is 4. The van der Waals surface area contributed by atoms with Gasteiger partial charge in [0.05, 0.1) is 0 Å². The van der Waals surface area contributed by atoms with Gasteiger partial charge in [0.2, 0.25) is 6.79 Å². The van der Waals surface area contributed by atoms with Crippen LogP contribution in [0.5, 0.6) is 11.5 Å². The van der Waals surface area contributed by atoms with Gasteiger partial charge < -0.3 is 14.8 Å². The van der Waals surface area contributed by atoms with Crippen molar-refractivity contribution in [1.82, 2.24) is 10.6 Å². The summed E-state index contributed by atoms with van der Waals surface area (Å²) in [5.41, 5.74) is -0.400. The molecule has 1 aromatic carbocycles. The molecule has 0 unspecified atom stereocenters. The highest BCUT2D eigenvalue weighted by molar-refractivity contribution is 6.07.